The zero-order valence-corrected chi connectivity index (χ0v) is 7.91. The number of halogens is 2. The third-order valence-corrected chi connectivity index (χ3v) is 1.57. The summed E-state index contributed by atoms with van der Waals surface area (Å²) in [4.78, 5) is 0. The molecule has 0 saturated heterocycles. The average molecular weight is 248 g/mol. The van der Waals surface area contributed by atoms with Crippen LogP contribution in [0.15, 0.2) is 0 Å². The topological polar surface area (TPSA) is 55.3 Å². The molecular weight excluding hydrogens is 236 g/mol. The van der Waals surface area contributed by atoms with E-state index in [9.17, 15) is 0 Å². The molecule has 0 aromatic carbocycles. The molecule has 0 unspecified atom stereocenters. The van der Waals surface area contributed by atoms with Gasteiger partial charge in [-0.1, -0.05) is 0 Å². The molecule has 1 saturated carbocycles. The van der Waals surface area contributed by atoms with Gasteiger partial charge < -0.3 is 45.4 Å². The molecule has 1 aliphatic carbocycles. The van der Waals surface area contributed by atoms with Crippen molar-refractivity contribution in [3.05, 3.63) is 0 Å². The Bertz CT molecular complexity index is 52.0. The summed E-state index contributed by atoms with van der Waals surface area (Å²) < 4.78 is 0. The summed E-state index contributed by atoms with van der Waals surface area (Å²) in [6.45, 7) is 0. The molecule has 2 nitrogen and oxygen atoms in total. The van der Waals surface area contributed by atoms with Gasteiger partial charge in [0.25, 0.3) is 0 Å². The number of hydrogen-bond donors (Lipinski definition) is 2. The monoisotopic (exact) mass is 246 g/mol. The van der Waals surface area contributed by atoms with Crippen LogP contribution in [-0.2, 0) is 0 Å². The Balaban J connectivity index is 0. The summed E-state index contributed by atoms with van der Waals surface area (Å²) in [5, 5.41) is 0. The van der Waals surface area contributed by atoms with Gasteiger partial charge in [-0.25, -0.2) is 0 Å². The Kier molecular flexibility index (Phi) is 6.89. The van der Waals surface area contributed by atoms with Crippen LogP contribution in [-0.4, -0.2) is 12.1 Å². The molecule has 1 rings (SSSR count). The quantitative estimate of drug-likeness (QED) is 0.428. The van der Waals surface area contributed by atoms with Crippen LogP contribution in [0.5, 0.6) is 0 Å². The third kappa shape index (κ3) is 2.44. The summed E-state index contributed by atoms with van der Waals surface area (Å²) >= 11 is 0. The van der Waals surface area contributed by atoms with Gasteiger partial charge in [0.2, 0.25) is 0 Å². The largest absolute Gasteiger partial charge is 1.00 e. The molecule has 0 radical (unpaired) electrons. The van der Waals surface area contributed by atoms with E-state index in [1.807, 2.05) is 0 Å². The van der Waals surface area contributed by atoms with Crippen molar-refractivity contribution in [3.8, 4) is 0 Å². The van der Waals surface area contributed by atoms with Crippen LogP contribution < -0.4 is 45.4 Å². The van der Waals surface area contributed by atoms with Crippen LogP contribution in [0.1, 0.15) is 12.8 Å². The fourth-order valence-corrected chi connectivity index (χ4v) is 0.638. The molecule has 52 valence electrons. The Morgan fingerprint density at radius 3 is 1.12 bits per heavy atom. The molecule has 0 spiro atoms. The van der Waals surface area contributed by atoms with Gasteiger partial charge in [0, 0.05) is 12.8 Å². The molecule has 0 aliphatic heterocycles. The minimum atomic E-state index is 0. The maximum atomic E-state index is 3.86. The summed E-state index contributed by atoms with van der Waals surface area (Å²) in [5.41, 5.74) is 7.72. The van der Waals surface area contributed by atoms with Gasteiger partial charge in [-0.3, -0.25) is 0 Å². The van der Waals surface area contributed by atoms with Gasteiger partial charge in [-0.05, 0) is 0 Å². The maximum absolute atomic E-state index is 3.86. The molecule has 0 bridgehead atoms. The van der Waals surface area contributed by atoms with E-state index in [0.717, 1.165) is 0 Å². The minimum absolute atomic E-state index is 0. The fraction of sp³-hybridized carbons (Fsp3) is 1.00. The minimum Gasteiger partial charge on any atom is -1.00 e. The maximum Gasteiger partial charge on any atom is 0.137 e. The van der Waals surface area contributed by atoms with Crippen LogP contribution in [0, 0.1) is 0 Å². The van der Waals surface area contributed by atoms with E-state index in [1.165, 1.54) is 12.8 Å². The highest BCUT2D eigenvalue weighted by molar-refractivity contribution is 4.75. The molecule has 0 heterocycles. The Morgan fingerprint density at radius 2 is 1.12 bits per heavy atom. The van der Waals surface area contributed by atoms with Gasteiger partial charge in [-0.15, -0.1) is 0 Å². The molecule has 8 heavy (non-hydrogen) atoms. The van der Waals surface area contributed by atoms with Crippen molar-refractivity contribution in [1.29, 1.82) is 0 Å². The Labute approximate surface area is 70.5 Å². The van der Waals surface area contributed by atoms with Gasteiger partial charge >= 0.3 is 0 Å². The molecule has 0 aromatic heterocycles. The fourth-order valence-electron chi connectivity index (χ4n) is 0.638. The van der Waals surface area contributed by atoms with Crippen molar-refractivity contribution in [2.24, 2.45) is 0 Å². The van der Waals surface area contributed by atoms with Crippen molar-refractivity contribution in [2.45, 2.75) is 24.9 Å². The standard InChI is InChI=1S/C4H10N2.2BrH/c5-3-1-2-4(3)6;;/h3-4H,1-2,5-6H2;2*1H/t3-,4+;;. The summed E-state index contributed by atoms with van der Waals surface area (Å²) in [6, 6.07) is 1.34. The van der Waals surface area contributed by atoms with Crippen LogP contribution >= 0.6 is 0 Å². The first kappa shape index (κ1) is 11.6. The molecule has 1 fully saturated rings. The van der Waals surface area contributed by atoms with E-state index in [1.54, 1.807) is 0 Å². The lowest BCUT2D eigenvalue weighted by Crippen LogP contribution is -3.00. The first-order valence-corrected chi connectivity index (χ1v) is 2.47. The van der Waals surface area contributed by atoms with Crippen molar-refractivity contribution < 1.29 is 45.4 Å². The van der Waals surface area contributed by atoms with Gasteiger partial charge in [-0.2, -0.15) is 0 Å². The molecule has 2 atom stereocenters. The van der Waals surface area contributed by atoms with Crippen molar-refractivity contribution in [2.75, 3.05) is 0 Å². The highest BCUT2D eigenvalue weighted by atomic mass is 79.9. The van der Waals surface area contributed by atoms with Crippen molar-refractivity contribution in [3.63, 3.8) is 0 Å². The van der Waals surface area contributed by atoms with E-state index < -0.39 is 0 Å². The van der Waals surface area contributed by atoms with E-state index in [4.69, 9.17) is 0 Å². The van der Waals surface area contributed by atoms with Crippen LogP contribution in [0.2, 0.25) is 0 Å². The Morgan fingerprint density at radius 1 is 0.875 bits per heavy atom. The van der Waals surface area contributed by atoms with E-state index in [2.05, 4.69) is 11.5 Å². The summed E-state index contributed by atoms with van der Waals surface area (Å²) in [5.74, 6) is 0. The predicted octanol–water partition coefficient (Wildman–Crippen LogP) is -7.99. The molecule has 0 aromatic rings. The van der Waals surface area contributed by atoms with Crippen molar-refractivity contribution in [1.82, 2.24) is 0 Å². The molecule has 0 amide bonds. The zero-order valence-electron chi connectivity index (χ0n) is 4.74. The number of hydrogen-bond acceptors (Lipinski definition) is 0. The number of quaternary nitrogens is 2. The second-order valence-corrected chi connectivity index (χ2v) is 2.10. The predicted molar refractivity (Wildman–Crippen MR) is 22.6 cm³/mol. The van der Waals surface area contributed by atoms with E-state index in [0.29, 0.717) is 12.1 Å². The van der Waals surface area contributed by atoms with Gasteiger partial charge in [0.1, 0.15) is 12.1 Å². The van der Waals surface area contributed by atoms with Crippen LogP contribution in [0.25, 0.3) is 0 Å². The second kappa shape index (κ2) is 4.73. The zero-order chi connectivity index (χ0) is 4.57. The first-order chi connectivity index (χ1) is 2.80. The third-order valence-electron chi connectivity index (χ3n) is 1.57. The summed E-state index contributed by atoms with van der Waals surface area (Å²) in [6.07, 6.45) is 2.60. The molecule has 4 heteroatoms. The Hall–Kier alpha value is 0.880. The first-order valence-electron chi connectivity index (χ1n) is 2.47. The molecule has 6 N–H and O–H groups in total. The lowest BCUT2D eigenvalue weighted by molar-refractivity contribution is -0.555. The summed E-state index contributed by atoms with van der Waals surface area (Å²) in [7, 11) is 0. The lowest BCUT2D eigenvalue weighted by Gasteiger charge is -2.21. The number of rotatable bonds is 0. The second-order valence-electron chi connectivity index (χ2n) is 2.10. The van der Waals surface area contributed by atoms with E-state index in [-0.39, 0.29) is 34.0 Å². The van der Waals surface area contributed by atoms with Gasteiger partial charge in [0.15, 0.2) is 0 Å². The lowest BCUT2D eigenvalue weighted by atomic mass is 9.88. The smallest absolute Gasteiger partial charge is 0.137 e. The van der Waals surface area contributed by atoms with E-state index >= 15 is 0 Å². The average Bonchev–Trinajstić information content (AvgIpc) is 1.61. The molecule has 1 aliphatic rings. The van der Waals surface area contributed by atoms with Crippen LogP contribution in [0.3, 0.4) is 0 Å². The SMILES string of the molecule is [Br-].[Br-].[NH3+][C@@H]1CC[C@@H]1[NH3+]. The normalized spacial score (nSPS) is 33.8. The van der Waals surface area contributed by atoms with Gasteiger partial charge in [0.05, 0.1) is 0 Å². The molecular formula is C4H12Br2N2. The highest BCUT2D eigenvalue weighted by Gasteiger charge is 2.30. The van der Waals surface area contributed by atoms with Crippen molar-refractivity contribution >= 4 is 0 Å². The van der Waals surface area contributed by atoms with Crippen LogP contribution in [0.4, 0.5) is 0 Å². The highest BCUT2D eigenvalue weighted by Crippen LogP contribution is 2.10.